The zero-order valence-electron chi connectivity index (χ0n) is 16.6. The summed E-state index contributed by atoms with van der Waals surface area (Å²) in [5.41, 5.74) is 11.1. The number of anilines is 2. The minimum Gasteiger partial charge on any atom is -0.370 e. The first-order valence-corrected chi connectivity index (χ1v) is 10.1. The molecule has 1 saturated heterocycles. The van der Waals surface area contributed by atoms with Gasteiger partial charge in [-0.15, -0.1) is 24.0 Å². The molecule has 0 aromatic heterocycles. The lowest BCUT2D eigenvalue weighted by molar-refractivity contribution is 0.265. The predicted octanol–water partition coefficient (Wildman–Crippen LogP) is 3.48. The number of hydrogen-bond donors (Lipinski definition) is 2. The number of hydrogen-bond acceptors (Lipinski definition) is 3. The van der Waals surface area contributed by atoms with Gasteiger partial charge in [0.25, 0.3) is 0 Å². The van der Waals surface area contributed by atoms with Gasteiger partial charge in [-0.2, -0.15) is 0 Å². The minimum atomic E-state index is -0.189. The Morgan fingerprint density at radius 2 is 1.72 bits per heavy atom. The van der Waals surface area contributed by atoms with E-state index in [1.54, 1.807) is 0 Å². The number of aryl methyl sites for hydroxylation is 2. The number of benzene rings is 2. The van der Waals surface area contributed by atoms with Crippen molar-refractivity contribution in [3.8, 4) is 0 Å². The standard InChI is InChI=1S/C22H28FN5.HI/c23-19-5-8-21(9-6-19)28-14-12-27(13-15-28)11-10-25-22(24)26-20-7-4-17-2-1-3-18(17)16-20;/h4-9,16H,1-3,10-15H2,(H3,24,25,26);1H. The third-order valence-electron chi connectivity index (χ3n) is 5.63. The van der Waals surface area contributed by atoms with Gasteiger partial charge >= 0.3 is 0 Å². The summed E-state index contributed by atoms with van der Waals surface area (Å²) in [5, 5.41) is 3.21. The third-order valence-corrected chi connectivity index (χ3v) is 5.63. The number of nitrogens with two attached hydrogens (primary N) is 1. The van der Waals surface area contributed by atoms with Crippen molar-refractivity contribution < 1.29 is 4.39 Å². The molecule has 0 atom stereocenters. The average molecular weight is 509 g/mol. The molecule has 0 unspecified atom stereocenters. The van der Waals surface area contributed by atoms with Gasteiger partial charge in [0.1, 0.15) is 5.82 Å². The van der Waals surface area contributed by atoms with E-state index in [-0.39, 0.29) is 29.8 Å². The van der Waals surface area contributed by atoms with Gasteiger partial charge in [-0.05, 0) is 66.8 Å². The fourth-order valence-corrected chi connectivity index (χ4v) is 4.03. The third kappa shape index (κ3) is 5.82. The molecule has 0 spiro atoms. The van der Waals surface area contributed by atoms with E-state index < -0.39 is 0 Å². The quantitative estimate of drug-likeness (QED) is 0.368. The molecule has 0 saturated carbocycles. The number of guanidine groups is 1. The Hall–Kier alpha value is -1.87. The van der Waals surface area contributed by atoms with Crippen LogP contribution in [0.15, 0.2) is 47.5 Å². The van der Waals surface area contributed by atoms with Crippen LogP contribution >= 0.6 is 24.0 Å². The maximum atomic E-state index is 13.1. The predicted molar refractivity (Wildman–Crippen MR) is 129 cm³/mol. The molecule has 0 radical (unpaired) electrons. The average Bonchev–Trinajstić information content (AvgIpc) is 3.17. The molecule has 1 aliphatic carbocycles. The van der Waals surface area contributed by atoms with Crippen LogP contribution in [-0.4, -0.2) is 50.1 Å². The van der Waals surface area contributed by atoms with Crippen molar-refractivity contribution in [2.75, 3.05) is 49.5 Å². The molecule has 1 aliphatic heterocycles. The molecule has 2 aromatic carbocycles. The topological polar surface area (TPSA) is 56.9 Å². The van der Waals surface area contributed by atoms with E-state index in [2.05, 4.69) is 38.3 Å². The van der Waals surface area contributed by atoms with Crippen LogP contribution in [0.2, 0.25) is 0 Å². The summed E-state index contributed by atoms with van der Waals surface area (Å²) in [7, 11) is 0. The van der Waals surface area contributed by atoms with Gasteiger partial charge in [-0.1, -0.05) is 6.07 Å². The monoisotopic (exact) mass is 509 g/mol. The van der Waals surface area contributed by atoms with E-state index in [9.17, 15) is 4.39 Å². The molecule has 3 N–H and O–H groups in total. The van der Waals surface area contributed by atoms with Gasteiger partial charge in [-0.25, -0.2) is 4.39 Å². The number of rotatable bonds is 5. The summed E-state index contributed by atoms with van der Waals surface area (Å²) < 4.78 is 13.1. The smallest absolute Gasteiger partial charge is 0.193 e. The van der Waals surface area contributed by atoms with Gasteiger partial charge in [-0.3, -0.25) is 9.89 Å². The van der Waals surface area contributed by atoms with Crippen LogP contribution in [0.3, 0.4) is 0 Å². The van der Waals surface area contributed by atoms with Crippen molar-refractivity contribution in [2.45, 2.75) is 19.3 Å². The Bertz CT molecular complexity index is 832. The second-order valence-corrected chi connectivity index (χ2v) is 7.53. The summed E-state index contributed by atoms with van der Waals surface area (Å²) >= 11 is 0. The van der Waals surface area contributed by atoms with Gasteiger partial charge < -0.3 is 16.0 Å². The van der Waals surface area contributed by atoms with Gasteiger partial charge in [0.15, 0.2) is 5.96 Å². The fourth-order valence-electron chi connectivity index (χ4n) is 4.03. The highest BCUT2D eigenvalue weighted by atomic mass is 127. The molecule has 2 aliphatic rings. The van der Waals surface area contributed by atoms with Crippen LogP contribution in [0, 0.1) is 5.82 Å². The largest absolute Gasteiger partial charge is 0.370 e. The molecule has 1 fully saturated rings. The first-order chi connectivity index (χ1) is 13.7. The Labute approximate surface area is 189 Å². The van der Waals surface area contributed by atoms with Crippen molar-refractivity contribution >= 4 is 41.3 Å². The Kier molecular flexibility index (Phi) is 7.71. The molecule has 7 heteroatoms. The Balaban J connectivity index is 0.00000240. The maximum Gasteiger partial charge on any atom is 0.193 e. The highest BCUT2D eigenvalue weighted by Gasteiger charge is 2.17. The SMILES string of the molecule is I.NC(=NCCN1CCN(c2ccc(F)cc2)CC1)Nc1ccc2c(c1)CCC2. The lowest BCUT2D eigenvalue weighted by Crippen LogP contribution is -2.47. The second-order valence-electron chi connectivity index (χ2n) is 7.53. The number of aliphatic imine (C=N–C) groups is 1. The van der Waals surface area contributed by atoms with E-state index in [1.165, 1.54) is 36.1 Å². The van der Waals surface area contributed by atoms with Gasteiger partial charge in [0.05, 0.1) is 6.54 Å². The summed E-state index contributed by atoms with van der Waals surface area (Å²) in [6, 6.07) is 13.2. The summed E-state index contributed by atoms with van der Waals surface area (Å²) in [6.45, 7) is 5.41. The lowest BCUT2D eigenvalue weighted by Gasteiger charge is -2.35. The summed E-state index contributed by atoms with van der Waals surface area (Å²) in [4.78, 5) is 9.17. The van der Waals surface area contributed by atoms with Crippen LogP contribution in [0.4, 0.5) is 15.8 Å². The van der Waals surface area contributed by atoms with Crippen LogP contribution in [-0.2, 0) is 12.8 Å². The molecule has 1 heterocycles. The van der Waals surface area contributed by atoms with Gasteiger partial charge in [0.2, 0.25) is 0 Å². The lowest BCUT2D eigenvalue weighted by atomic mass is 10.1. The van der Waals surface area contributed by atoms with Crippen molar-refractivity contribution in [3.63, 3.8) is 0 Å². The zero-order valence-corrected chi connectivity index (χ0v) is 18.9. The van der Waals surface area contributed by atoms with Crippen LogP contribution in [0.5, 0.6) is 0 Å². The van der Waals surface area contributed by atoms with Gasteiger partial charge in [0, 0.05) is 44.1 Å². The number of piperazine rings is 1. The number of halogens is 2. The first-order valence-electron chi connectivity index (χ1n) is 10.1. The number of fused-ring (bicyclic) bond motifs is 1. The molecular weight excluding hydrogens is 480 g/mol. The molecule has 2 aromatic rings. The van der Waals surface area contributed by atoms with Crippen molar-refractivity contribution in [1.82, 2.24) is 4.90 Å². The van der Waals surface area contributed by atoms with Crippen LogP contribution < -0.4 is 16.0 Å². The van der Waals surface area contributed by atoms with E-state index in [0.29, 0.717) is 12.5 Å². The molecule has 4 rings (SSSR count). The summed E-state index contributed by atoms with van der Waals surface area (Å²) in [5.74, 6) is 0.286. The maximum absolute atomic E-state index is 13.1. The first kappa shape index (κ1) is 21.8. The Morgan fingerprint density at radius 3 is 2.48 bits per heavy atom. The van der Waals surface area contributed by atoms with Crippen LogP contribution in [0.1, 0.15) is 17.5 Å². The van der Waals surface area contributed by atoms with E-state index in [1.807, 2.05) is 12.1 Å². The second kappa shape index (κ2) is 10.2. The molecule has 5 nitrogen and oxygen atoms in total. The van der Waals surface area contributed by atoms with E-state index in [4.69, 9.17) is 5.73 Å². The van der Waals surface area contributed by atoms with Crippen LogP contribution in [0.25, 0.3) is 0 Å². The molecule has 0 bridgehead atoms. The fraction of sp³-hybridized carbons (Fsp3) is 0.409. The normalized spacial score (nSPS) is 17.0. The Morgan fingerprint density at radius 1 is 1.00 bits per heavy atom. The number of nitrogens with one attached hydrogen (secondary N) is 1. The van der Waals surface area contributed by atoms with E-state index >= 15 is 0 Å². The molecule has 29 heavy (non-hydrogen) atoms. The molecule has 0 amide bonds. The highest BCUT2D eigenvalue weighted by molar-refractivity contribution is 14.0. The summed E-state index contributed by atoms with van der Waals surface area (Å²) in [6.07, 6.45) is 3.59. The van der Waals surface area contributed by atoms with Crippen molar-refractivity contribution in [1.29, 1.82) is 0 Å². The minimum absolute atomic E-state index is 0. The molecule has 156 valence electrons. The van der Waals surface area contributed by atoms with Crippen molar-refractivity contribution in [3.05, 3.63) is 59.4 Å². The van der Waals surface area contributed by atoms with Crippen molar-refractivity contribution in [2.24, 2.45) is 10.7 Å². The molecular formula is C22H29FIN5. The number of nitrogens with zero attached hydrogens (tertiary/aromatic N) is 3. The zero-order chi connectivity index (χ0) is 19.3. The highest BCUT2D eigenvalue weighted by Crippen LogP contribution is 2.24. The van der Waals surface area contributed by atoms with E-state index in [0.717, 1.165) is 50.5 Å².